The third kappa shape index (κ3) is 15.0. The number of amides is 2. The Hall–Kier alpha value is -1.87. The minimum Gasteiger partial charge on any atom is -0.480 e. The van der Waals surface area contributed by atoms with Crippen LogP contribution in [-0.4, -0.2) is 179 Å². The summed E-state index contributed by atoms with van der Waals surface area (Å²) in [5.41, 5.74) is 0. The van der Waals surface area contributed by atoms with Gasteiger partial charge in [0, 0.05) is 53.4 Å². The van der Waals surface area contributed by atoms with Crippen LogP contribution in [0.15, 0.2) is 0 Å². The van der Waals surface area contributed by atoms with Crippen LogP contribution in [0.5, 0.6) is 0 Å². The molecule has 0 aromatic heterocycles. The number of aliphatic hydroxyl groups excluding tert-OH is 4. The molecule has 35 heavy (non-hydrogen) atoms. The van der Waals surface area contributed by atoms with Gasteiger partial charge in [0.15, 0.2) is 0 Å². The number of carbonyl (C=O) groups is 3. The van der Waals surface area contributed by atoms with Crippen molar-refractivity contribution in [2.24, 2.45) is 0 Å². The molecule has 0 bridgehead atoms. The van der Waals surface area contributed by atoms with Crippen LogP contribution < -0.4 is 0 Å². The molecule has 0 aliphatic rings. The molecule has 2 unspecified atom stereocenters. The van der Waals surface area contributed by atoms with E-state index in [-0.39, 0.29) is 44.5 Å². The summed E-state index contributed by atoms with van der Waals surface area (Å²) in [6, 6.07) is 0. The Morgan fingerprint density at radius 2 is 1.00 bits per heavy atom. The highest BCUT2D eigenvalue weighted by atomic mass is 16.4. The van der Waals surface area contributed by atoms with Gasteiger partial charge in [-0.1, -0.05) is 13.8 Å². The monoisotopic (exact) mass is 507 g/mol. The van der Waals surface area contributed by atoms with E-state index in [1.807, 2.05) is 23.6 Å². The van der Waals surface area contributed by atoms with Crippen molar-refractivity contribution in [3.05, 3.63) is 0 Å². The molecule has 5 N–H and O–H groups in total. The lowest BCUT2D eigenvalue weighted by atomic mass is 10.3. The standard InChI is InChI=1S/C22H45N5O8/c1-5-25(13-20(32)23(3)11-18(30)16-28)7-9-27(15-22(34)35)10-8-26(6-2)14-21(33)24(4)12-19(31)17-29/h18-19,28-31H,5-17H2,1-4H3,(H,34,35). The first kappa shape index (κ1) is 33.1. The topological polar surface area (TPSA) is 169 Å². The highest BCUT2D eigenvalue weighted by Gasteiger charge is 2.20. The van der Waals surface area contributed by atoms with Gasteiger partial charge in [-0.15, -0.1) is 0 Å². The lowest BCUT2D eigenvalue weighted by Crippen LogP contribution is -2.47. The summed E-state index contributed by atoms with van der Waals surface area (Å²) in [6.45, 7) is 5.89. The van der Waals surface area contributed by atoms with Gasteiger partial charge in [0.25, 0.3) is 0 Å². The van der Waals surface area contributed by atoms with E-state index in [1.54, 1.807) is 19.0 Å². The van der Waals surface area contributed by atoms with Gasteiger partial charge in [0.05, 0.1) is 45.1 Å². The molecular weight excluding hydrogens is 462 g/mol. The van der Waals surface area contributed by atoms with Crippen LogP contribution in [0, 0.1) is 0 Å². The normalized spacial score (nSPS) is 13.3. The molecule has 0 spiro atoms. The maximum absolute atomic E-state index is 12.4. The predicted octanol–water partition coefficient (Wildman–Crippen LogP) is -3.36. The van der Waals surface area contributed by atoms with Crippen LogP contribution in [0.2, 0.25) is 0 Å². The lowest BCUT2D eigenvalue weighted by molar-refractivity contribution is -0.139. The van der Waals surface area contributed by atoms with Crippen molar-refractivity contribution < 1.29 is 39.9 Å². The van der Waals surface area contributed by atoms with E-state index in [9.17, 15) is 29.7 Å². The van der Waals surface area contributed by atoms with Crippen molar-refractivity contribution >= 4 is 17.8 Å². The summed E-state index contributed by atoms with van der Waals surface area (Å²) in [5.74, 6) is -1.40. The molecular formula is C22H45N5O8. The Kier molecular flexibility index (Phi) is 17.4. The SMILES string of the molecule is CCN(CCN(CCN(CC)CC(=O)N(C)CC(O)CO)CC(=O)O)CC(=O)N(C)CC(O)CO. The van der Waals surface area contributed by atoms with Gasteiger partial charge in [-0.2, -0.15) is 0 Å². The summed E-state index contributed by atoms with van der Waals surface area (Å²) >= 11 is 0. The van der Waals surface area contributed by atoms with E-state index in [4.69, 9.17) is 10.2 Å². The highest BCUT2D eigenvalue weighted by Crippen LogP contribution is 2.00. The smallest absolute Gasteiger partial charge is 0.317 e. The number of hydrogen-bond donors (Lipinski definition) is 5. The molecule has 0 heterocycles. The zero-order chi connectivity index (χ0) is 27.0. The fourth-order valence-corrected chi connectivity index (χ4v) is 3.30. The van der Waals surface area contributed by atoms with Gasteiger partial charge in [-0.25, -0.2) is 0 Å². The molecule has 0 saturated carbocycles. The van der Waals surface area contributed by atoms with Crippen molar-refractivity contribution in [2.45, 2.75) is 26.1 Å². The van der Waals surface area contributed by atoms with Gasteiger partial charge in [-0.3, -0.25) is 29.1 Å². The van der Waals surface area contributed by atoms with E-state index in [1.165, 1.54) is 9.80 Å². The highest BCUT2D eigenvalue weighted by molar-refractivity contribution is 5.78. The third-order valence-corrected chi connectivity index (χ3v) is 5.68. The molecule has 13 heteroatoms. The maximum Gasteiger partial charge on any atom is 0.317 e. The number of aliphatic carboxylic acids is 1. The molecule has 0 aliphatic heterocycles. The third-order valence-electron chi connectivity index (χ3n) is 5.68. The first-order valence-corrected chi connectivity index (χ1v) is 11.9. The lowest BCUT2D eigenvalue weighted by Gasteiger charge is -2.30. The predicted molar refractivity (Wildman–Crippen MR) is 130 cm³/mol. The summed E-state index contributed by atoms with van der Waals surface area (Å²) in [7, 11) is 3.10. The zero-order valence-electron chi connectivity index (χ0n) is 21.5. The van der Waals surface area contributed by atoms with Crippen molar-refractivity contribution in [1.82, 2.24) is 24.5 Å². The maximum atomic E-state index is 12.4. The molecule has 0 radical (unpaired) electrons. The molecule has 0 aromatic rings. The fraction of sp³-hybridized carbons (Fsp3) is 0.864. The van der Waals surface area contributed by atoms with Crippen molar-refractivity contribution in [2.75, 3.05) is 99.3 Å². The summed E-state index contributed by atoms with van der Waals surface area (Å²) in [6.07, 6.45) is -2.00. The van der Waals surface area contributed by atoms with Crippen LogP contribution >= 0.6 is 0 Å². The van der Waals surface area contributed by atoms with Crippen LogP contribution in [0.4, 0.5) is 0 Å². The molecule has 0 rings (SSSR count). The summed E-state index contributed by atoms with van der Waals surface area (Å²) < 4.78 is 0. The number of carbonyl (C=O) groups excluding carboxylic acids is 2. The van der Waals surface area contributed by atoms with Gasteiger partial charge in [0.1, 0.15) is 0 Å². The molecule has 2 atom stereocenters. The number of hydrogen-bond acceptors (Lipinski definition) is 10. The Morgan fingerprint density at radius 3 is 1.29 bits per heavy atom. The number of aliphatic hydroxyl groups is 4. The molecule has 13 nitrogen and oxygen atoms in total. The second-order valence-electron chi connectivity index (χ2n) is 8.63. The van der Waals surface area contributed by atoms with Crippen molar-refractivity contribution in [1.29, 1.82) is 0 Å². The van der Waals surface area contributed by atoms with Crippen molar-refractivity contribution in [3.63, 3.8) is 0 Å². The molecule has 206 valence electrons. The van der Waals surface area contributed by atoms with E-state index in [0.29, 0.717) is 39.3 Å². The molecule has 0 aromatic carbocycles. The van der Waals surface area contributed by atoms with Crippen LogP contribution in [-0.2, 0) is 14.4 Å². The second-order valence-corrected chi connectivity index (χ2v) is 8.63. The van der Waals surface area contributed by atoms with Crippen LogP contribution in [0.3, 0.4) is 0 Å². The zero-order valence-corrected chi connectivity index (χ0v) is 21.5. The van der Waals surface area contributed by atoms with Gasteiger partial charge in [-0.05, 0) is 13.1 Å². The van der Waals surface area contributed by atoms with E-state index in [2.05, 4.69) is 0 Å². The Labute approximate surface area is 208 Å². The summed E-state index contributed by atoms with van der Waals surface area (Å²) in [4.78, 5) is 44.4. The van der Waals surface area contributed by atoms with Crippen LogP contribution in [0.25, 0.3) is 0 Å². The Balaban J connectivity index is 4.83. The first-order valence-electron chi connectivity index (χ1n) is 11.9. The fourth-order valence-electron chi connectivity index (χ4n) is 3.30. The number of nitrogens with zero attached hydrogens (tertiary/aromatic N) is 5. The van der Waals surface area contributed by atoms with Gasteiger partial charge in [0.2, 0.25) is 11.8 Å². The van der Waals surface area contributed by atoms with Gasteiger partial charge >= 0.3 is 5.97 Å². The average Bonchev–Trinajstić information content (AvgIpc) is 2.82. The molecule has 0 saturated heterocycles. The van der Waals surface area contributed by atoms with E-state index < -0.39 is 31.4 Å². The number of rotatable bonds is 20. The minimum atomic E-state index is -1.00. The number of likely N-dealkylation sites (N-methyl/N-ethyl adjacent to an activating group) is 4. The molecule has 0 fully saturated rings. The van der Waals surface area contributed by atoms with Gasteiger partial charge < -0.3 is 35.3 Å². The quantitative estimate of drug-likeness (QED) is 0.112. The van der Waals surface area contributed by atoms with E-state index in [0.717, 1.165) is 0 Å². The van der Waals surface area contributed by atoms with E-state index >= 15 is 0 Å². The summed E-state index contributed by atoms with van der Waals surface area (Å²) in [5, 5.41) is 46.2. The average molecular weight is 508 g/mol. The first-order chi connectivity index (χ1) is 16.5. The minimum absolute atomic E-state index is 0.0255. The molecule has 0 aliphatic carbocycles. The molecule has 2 amide bonds. The Morgan fingerprint density at radius 1 is 0.657 bits per heavy atom. The number of carboxylic acids is 1. The Bertz CT molecular complexity index is 583. The second kappa shape index (κ2) is 18.4. The van der Waals surface area contributed by atoms with Crippen molar-refractivity contribution in [3.8, 4) is 0 Å². The number of carboxylic acid groups (broad SMARTS) is 1. The van der Waals surface area contributed by atoms with Crippen LogP contribution in [0.1, 0.15) is 13.8 Å². The largest absolute Gasteiger partial charge is 0.480 e.